The van der Waals surface area contributed by atoms with Gasteiger partial charge in [0.15, 0.2) is 5.82 Å². The quantitative estimate of drug-likeness (QED) is 0.932. The molecule has 2 N–H and O–H groups in total. The lowest BCUT2D eigenvalue weighted by molar-refractivity contribution is 0.0703. The molecule has 0 radical (unpaired) electrons. The van der Waals surface area contributed by atoms with Crippen LogP contribution in [0.15, 0.2) is 28.8 Å². The van der Waals surface area contributed by atoms with E-state index >= 15 is 0 Å². The number of aromatic nitrogens is 2. The molecule has 1 unspecified atom stereocenters. The van der Waals surface area contributed by atoms with E-state index in [0.29, 0.717) is 24.6 Å². The number of hydrogen-bond acceptors (Lipinski definition) is 5. The summed E-state index contributed by atoms with van der Waals surface area (Å²) in [6, 6.07) is 7.53. The van der Waals surface area contributed by atoms with E-state index in [1.165, 1.54) is 0 Å². The Balaban J connectivity index is 1.45. The topological polar surface area (TPSA) is 85.3 Å². The first-order valence-corrected chi connectivity index (χ1v) is 8.66. The van der Waals surface area contributed by atoms with E-state index in [1.807, 2.05) is 29.2 Å². The second-order valence-electron chi connectivity index (χ2n) is 6.76. The van der Waals surface area contributed by atoms with Gasteiger partial charge in [0.05, 0.1) is 0 Å². The van der Waals surface area contributed by atoms with Gasteiger partial charge in [-0.1, -0.05) is 17.3 Å². The molecule has 1 aromatic carbocycles. The number of nitrogens with zero attached hydrogens (tertiary/aromatic N) is 3. The van der Waals surface area contributed by atoms with Gasteiger partial charge in [-0.15, -0.1) is 0 Å². The van der Waals surface area contributed by atoms with Crippen molar-refractivity contribution in [3.63, 3.8) is 0 Å². The number of carbonyl (C=O) groups excluding carboxylic acids is 1. The van der Waals surface area contributed by atoms with Crippen molar-refractivity contribution in [1.82, 2.24) is 15.0 Å². The molecule has 1 atom stereocenters. The Hall–Kier alpha value is -2.21. The fourth-order valence-corrected chi connectivity index (χ4v) is 3.25. The molecule has 0 spiro atoms. The van der Waals surface area contributed by atoms with Gasteiger partial charge < -0.3 is 15.2 Å². The molecule has 6 nitrogen and oxygen atoms in total. The summed E-state index contributed by atoms with van der Waals surface area (Å²) < 4.78 is 5.37. The van der Waals surface area contributed by atoms with E-state index in [1.54, 1.807) is 0 Å². The maximum Gasteiger partial charge on any atom is 0.253 e. The van der Waals surface area contributed by atoms with Gasteiger partial charge >= 0.3 is 0 Å². The molecule has 2 aliphatic rings. The number of amides is 1. The summed E-state index contributed by atoms with van der Waals surface area (Å²) in [6.07, 6.45) is 4.26. The minimum absolute atomic E-state index is 0.0641. The van der Waals surface area contributed by atoms with Crippen molar-refractivity contribution >= 4 is 5.91 Å². The Bertz CT molecular complexity index is 721. The van der Waals surface area contributed by atoms with Crippen LogP contribution in [0.1, 0.15) is 65.2 Å². The first kappa shape index (κ1) is 15.3. The summed E-state index contributed by atoms with van der Waals surface area (Å²) in [4.78, 5) is 19.2. The van der Waals surface area contributed by atoms with Crippen LogP contribution in [0.5, 0.6) is 0 Å². The average molecular weight is 326 g/mol. The van der Waals surface area contributed by atoms with E-state index in [-0.39, 0.29) is 11.8 Å². The second kappa shape index (κ2) is 6.36. The maximum atomic E-state index is 12.7. The molecule has 0 bridgehead atoms. The Morgan fingerprint density at radius 2 is 2.00 bits per heavy atom. The smallest absolute Gasteiger partial charge is 0.253 e. The largest absolute Gasteiger partial charge is 0.339 e. The number of rotatable bonds is 4. The lowest BCUT2D eigenvalue weighted by Gasteiger charge is -2.31. The zero-order chi connectivity index (χ0) is 16.5. The number of benzene rings is 1. The van der Waals surface area contributed by atoms with E-state index in [9.17, 15) is 4.79 Å². The average Bonchev–Trinajstić information content (AvgIpc) is 3.38. The third-order valence-corrected chi connectivity index (χ3v) is 4.89. The molecular weight excluding hydrogens is 304 g/mol. The van der Waals surface area contributed by atoms with Crippen LogP contribution >= 0.6 is 0 Å². The molecular formula is C18H22N4O2. The van der Waals surface area contributed by atoms with Crippen molar-refractivity contribution in [3.05, 3.63) is 47.1 Å². The minimum atomic E-state index is 0.0641. The lowest BCUT2D eigenvalue weighted by atomic mass is 9.96. The van der Waals surface area contributed by atoms with Gasteiger partial charge in [-0.2, -0.15) is 4.98 Å². The lowest BCUT2D eigenvalue weighted by Crippen LogP contribution is -2.39. The first-order valence-electron chi connectivity index (χ1n) is 8.66. The van der Waals surface area contributed by atoms with E-state index in [4.69, 9.17) is 10.3 Å². The predicted molar refractivity (Wildman–Crippen MR) is 88.5 cm³/mol. The monoisotopic (exact) mass is 326 g/mol. The fourth-order valence-electron chi connectivity index (χ4n) is 3.25. The van der Waals surface area contributed by atoms with Gasteiger partial charge in [-0.3, -0.25) is 4.79 Å². The third-order valence-electron chi connectivity index (χ3n) is 4.89. The fraction of sp³-hybridized carbons (Fsp3) is 0.500. The molecule has 2 heterocycles. The highest BCUT2D eigenvalue weighted by molar-refractivity contribution is 5.94. The number of carbonyl (C=O) groups is 1. The van der Waals surface area contributed by atoms with Crippen LogP contribution in [-0.4, -0.2) is 34.0 Å². The van der Waals surface area contributed by atoms with Crippen LogP contribution in [0.4, 0.5) is 0 Å². The Morgan fingerprint density at radius 1 is 1.21 bits per heavy atom. The highest BCUT2D eigenvalue weighted by Crippen LogP contribution is 2.39. The predicted octanol–water partition coefficient (Wildman–Crippen LogP) is 2.43. The molecule has 1 amide bonds. The summed E-state index contributed by atoms with van der Waals surface area (Å²) >= 11 is 0. The molecule has 1 saturated carbocycles. The van der Waals surface area contributed by atoms with Crippen LogP contribution < -0.4 is 5.73 Å². The number of likely N-dealkylation sites (tertiary alicyclic amines) is 1. The third kappa shape index (κ3) is 3.06. The molecule has 2 aromatic rings. The Kier molecular flexibility index (Phi) is 4.06. The molecule has 1 aromatic heterocycles. The summed E-state index contributed by atoms with van der Waals surface area (Å²) in [6.45, 7) is 1.92. The summed E-state index contributed by atoms with van der Waals surface area (Å²) in [7, 11) is 0. The van der Waals surface area contributed by atoms with Crippen molar-refractivity contribution in [2.24, 2.45) is 5.73 Å². The Labute approximate surface area is 141 Å². The standard InChI is InChI=1S/C18H22N4O2/c19-10-12-3-5-14(6-4-12)18(23)22-9-1-2-15(11-22)16-20-17(24-21-16)13-7-8-13/h3-6,13,15H,1-2,7-11,19H2. The van der Waals surface area contributed by atoms with E-state index in [0.717, 1.165) is 49.5 Å². The van der Waals surface area contributed by atoms with Crippen molar-refractivity contribution in [3.8, 4) is 0 Å². The molecule has 6 heteroatoms. The number of hydrogen-bond donors (Lipinski definition) is 1. The normalized spacial score (nSPS) is 21.0. The Morgan fingerprint density at radius 3 is 2.71 bits per heavy atom. The summed E-state index contributed by atoms with van der Waals surface area (Å²) in [5.41, 5.74) is 7.35. The van der Waals surface area contributed by atoms with Gasteiger partial charge in [0, 0.05) is 37.0 Å². The van der Waals surface area contributed by atoms with Crippen LogP contribution in [-0.2, 0) is 6.54 Å². The van der Waals surface area contributed by atoms with Crippen molar-refractivity contribution < 1.29 is 9.32 Å². The maximum absolute atomic E-state index is 12.7. The van der Waals surface area contributed by atoms with Crippen LogP contribution in [0.2, 0.25) is 0 Å². The van der Waals surface area contributed by atoms with Crippen molar-refractivity contribution in [2.75, 3.05) is 13.1 Å². The van der Waals surface area contributed by atoms with E-state index < -0.39 is 0 Å². The first-order chi connectivity index (χ1) is 11.7. The number of nitrogens with two attached hydrogens (primary N) is 1. The highest BCUT2D eigenvalue weighted by Gasteiger charge is 2.33. The molecule has 24 heavy (non-hydrogen) atoms. The SMILES string of the molecule is NCc1ccc(C(=O)N2CCCC(c3noc(C4CC4)n3)C2)cc1. The van der Waals surface area contributed by atoms with Crippen LogP contribution in [0.3, 0.4) is 0 Å². The van der Waals surface area contributed by atoms with Gasteiger partial charge in [-0.05, 0) is 43.4 Å². The molecule has 1 saturated heterocycles. The van der Waals surface area contributed by atoms with Crippen LogP contribution in [0, 0.1) is 0 Å². The van der Waals surface area contributed by atoms with E-state index in [2.05, 4.69) is 10.1 Å². The molecule has 1 aliphatic heterocycles. The summed E-state index contributed by atoms with van der Waals surface area (Å²) in [5, 5.41) is 4.15. The molecule has 1 aliphatic carbocycles. The van der Waals surface area contributed by atoms with Gasteiger partial charge in [0.1, 0.15) is 0 Å². The minimum Gasteiger partial charge on any atom is -0.339 e. The highest BCUT2D eigenvalue weighted by atomic mass is 16.5. The van der Waals surface area contributed by atoms with Crippen molar-refractivity contribution in [1.29, 1.82) is 0 Å². The zero-order valence-electron chi connectivity index (χ0n) is 13.6. The summed E-state index contributed by atoms with van der Waals surface area (Å²) in [5.74, 6) is 2.23. The zero-order valence-corrected chi connectivity index (χ0v) is 13.6. The number of piperidine rings is 1. The molecule has 126 valence electrons. The van der Waals surface area contributed by atoms with Gasteiger partial charge in [0.2, 0.25) is 5.89 Å². The van der Waals surface area contributed by atoms with Gasteiger partial charge in [0.25, 0.3) is 5.91 Å². The van der Waals surface area contributed by atoms with Crippen molar-refractivity contribution in [2.45, 2.75) is 44.1 Å². The second-order valence-corrected chi connectivity index (χ2v) is 6.76. The molecule has 2 fully saturated rings. The molecule has 4 rings (SSSR count). The van der Waals surface area contributed by atoms with Crippen LogP contribution in [0.25, 0.3) is 0 Å². The van der Waals surface area contributed by atoms with Gasteiger partial charge in [-0.25, -0.2) is 0 Å².